The lowest BCUT2D eigenvalue weighted by atomic mass is 9.90. The van der Waals surface area contributed by atoms with E-state index in [-0.39, 0.29) is 61.9 Å². The molecular formula is C37H63N2O10PSi. The van der Waals surface area contributed by atoms with Crippen LogP contribution >= 0.6 is 8.53 Å². The molecule has 1 rings (SSSR count). The lowest BCUT2D eigenvalue weighted by Gasteiger charge is -2.45. The number of esters is 3. The minimum absolute atomic E-state index is 0.00217. The van der Waals surface area contributed by atoms with Crippen molar-refractivity contribution in [3.8, 4) is 5.75 Å². The molecule has 0 fully saturated rings. The number of nitrogens with zero attached hydrogens (tertiary/aromatic N) is 2. The van der Waals surface area contributed by atoms with E-state index in [1.807, 2.05) is 92.1 Å². The predicted molar refractivity (Wildman–Crippen MR) is 201 cm³/mol. The molecule has 0 heterocycles. The summed E-state index contributed by atoms with van der Waals surface area (Å²) in [5.74, 6) is -1.49. The molecule has 290 valence electrons. The molecular weight excluding hydrogens is 691 g/mol. The molecule has 0 N–H and O–H groups in total. The Kier molecular flexibility index (Phi) is 20.6. The third-order valence-corrected chi connectivity index (χ3v) is 14.9. The van der Waals surface area contributed by atoms with Crippen LogP contribution in [0.3, 0.4) is 0 Å². The van der Waals surface area contributed by atoms with Crippen molar-refractivity contribution >= 4 is 35.0 Å². The number of carbonyl (C=O) groups is 3. The molecule has 0 amide bonds. The maximum atomic E-state index is 13.9. The van der Waals surface area contributed by atoms with Gasteiger partial charge >= 0.3 is 26.5 Å². The number of ether oxygens (including phenoxy) is 3. The Labute approximate surface area is 309 Å². The van der Waals surface area contributed by atoms with E-state index in [4.69, 9.17) is 38.7 Å². The molecule has 0 spiro atoms. The Morgan fingerprint density at radius 2 is 1.41 bits per heavy atom. The van der Waals surface area contributed by atoms with Crippen LogP contribution in [0.1, 0.15) is 102 Å². The van der Waals surface area contributed by atoms with Crippen LogP contribution in [0.4, 0.5) is 0 Å². The highest BCUT2D eigenvalue weighted by atomic mass is 31.2. The van der Waals surface area contributed by atoms with Crippen molar-refractivity contribution in [3.05, 3.63) is 41.7 Å². The number of carbonyl (C=O) groups excluding carboxylic acids is 3. The van der Waals surface area contributed by atoms with Crippen LogP contribution in [-0.4, -0.2) is 88.4 Å². The van der Waals surface area contributed by atoms with Crippen LogP contribution < -0.4 is 4.74 Å². The number of hydrogen-bond acceptors (Lipinski definition) is 11. The molecule has 0 aliphatic rings. The number of hydrogen-bond donors (Lipinski definition) is 0. The van der Waals surface area contributed by atoms with Crippen molar-refractivity contribution < 1.29 is 46.5 Å². The van der Waals surface area contributed by atoms with E-state index < -0.39 is 53.3 Å². The molecule has 1 aromatic rings. The molecule has 51 heavy (non-hydrogen) atoms. The highest BCUT2D eigenvalue weighted by Crippen LogP contribution is 2.48. The summed E-state index contributed by atoms with van der Waals surface area (Å²) >= 11 is 0. The van der Waals surface area contributed by atoms with Crippen LogP contribution in [0.2, 0.25) is 11.1 Å². The summed E-state index contributed by atoms with van der Waals surface area (Å²) < 4.78 is 44.8. The summed E-state index contributed by atoms with van der Waals surface area (Å²) in [6.45, 7) is 30.0. The second-order valence-electron chi connectivity index (χ2n) is 14.1. The lowest BCUT2D eigenvalue weighted by molar-refractivity contribution is -0.178. The minimum Gasteiger partial charge on any atom is -0.465 e. The zero-order valence-electron chi connectivity index (χ0n) is 33.0. The van der Waals surface area contributed by atoms with Gasteiger partial charge in [-0.15, -0.1) is 0 Å². The van der Waals surface area contributed by atoms with Gasteiger partial charge in [-0.2, -0.15) is 0 Å². The molecule has 0 aliphatic heterocycles. The van der Waals surface area contributed by atoms with E-state index in [1.165, 1.54) is 0 Å². The molecule has 0 saturated carbocycles. The monoisotopic (exact) mass is 754 g/mol. The number of rotatable bonds is 25. The van der Waals surface area contributed by atoms with Crippen molar-refractivity contribution in [3.63, 3.8) is 0 Å². The first-order valence-corrected chi connectivity index (χ1v) is 21.1. The molecule has 0 bridgehead atoms. The van der Waals surface area contributed by atoms with Gasteiger partial charge in [0.25, 0.3) is 8.53 Å². The fourth-order valence-corrected chi connectivity index (χ4v) is 11.3. The summed E-state index contributed by atoms with van der Waals surface area (Å²) in [6.07, 6.45) is 1.25. The van der Waals surface area contributed by atoms with E-state index in [0.717, 1.165) is 0 Å². The summed E-state index contributed by atoms with van der Waals surface area (Å²) in [5, 5.41) is 0. The molecule has 1 unspecified atom stereocenters. The Balaban J connectivity index is 3.46. The van der Waals surface area contributed by atoms with Gasteiger partial charge in [0.05, 0.1) is 32.0 Å². The Morgan fingerprint density at radius 3 is 1.88 bits per heavy atom. The molecule has 12 nitrogen and oxygen atoms in total. The van der Waals surface area contributed by atoms with E-state index in [2.05, 4.69) is 4.85 Å². The van der Waals surface area contributed by atoms with Gasteiger partial charge in [0.1, 0.15) is 12.4 Å². The minimum atomic E-state index is -3.27. The molecule has 1 atom stereocenters. The number of benzene rings is 1. The molecule has 0 radical (unpaired) electrons. The quantitative estimate of drug-likeness (QED) is 0.0182. The standard InChI is InChI=1S/C37H63N2O10PSi/c1-14-43-34(41)37(35(42)44-15-2,26-46-50(45-25-24-38-13)39(28(3)4)29(5)6)27-47-51(30(7)8,31(9)10)49-36(11,12)23-19-22-33(40)48-32-20-17-16-18-21-32/h16-18,20-21,28-31H,14-15,19,22-27H2,1-12H3. The van der Waals surface area contributed by atoms with Gasteiger partial charge in [-0.3, -0.25) is 14.4 Å². The normalized spacial score (nSPS) is 13.2. The summed E-state index contributed by atoms with van der Waals surface area (Å²) in [6, 6.07) is 8.94. The second-order valence-corrected chi connectivity index (χ2v) is 19.8. The number of para-hydroxylation sites is 1. The fourth-order valence-electron chi connectivity index (χ4n) is 5.69. The van der Waals surface area contributed by atoms with Crippen molar-refractivity contribution in [2.45, 2.75) is 131 Å². The van der Waals surface area contributed by atoms with Crippen molar-refractivity contribution in [1.29, 1.82) is 0 Å². The zero-order valence-corrected chi connectivity index (χ0v) is 34.9. The largest absolute Gasteiger partial charge is 0.465 e. The Bertz CT molecular complexity index is 1210. The summed E-state index contributed by atoms with van der Waals surface area (Å²) in [4.78, 5) is 43.8. The van der Waals surface area contributed by atoms with E-state index in [1.54, 1.807) is 26.0 Å². The molecule has 0 aliphatic carbocycles. The van der Waals surface area contributed by atoms with Crippen LogP contribution in [0.5, 0.6) is 5.75 Å². The average Bonchev–Trinajstić information content (AvgIpc) is 3.04. The van der Waals surface area contributed by atoms with Crippen molar-refractivity contribution in [2.75, 3.05) is 39.6 Å². The molecule has 14 heteroatoms. The Morgan fingerprint density at radius 1 is 0.863 bits per heavy atom. The first kappa shape index (κ1) is 46.6. The molecule has 1 aromatic carbocycles. The Hall–Kier alpha value is -2.43. The highest BCUT2D eigenvalue weighted by Gasteiger charge is 2.56. The molecule has 0 saturated heterocycles. The fraction of sp³-hybridized carbons (Fsp3) is 0.730. The first-order chi connectivity index (χ1) is 23.9. The van der Waals surface area contributed by atoms with Crippen LogP contribution in [0.25, 0.3) is 4.85 Å². The van der Waals surface area contributed by atoms with E-state index >= 15 is 0 Å². The van der Waals surface area contributed by atoms with Crippen LogP contribution in [0, 0.1) is 12.0 Å². The van der Waals surface area contributed by atoms with Crippen molar-refractivity contribution in [1.82, 2.24) is 4.67 Å². The first-order valence-electron chi connectivity index (χ1n) is 18.0. The van der Waals surface area contributed by atoms with Crippen molar-refractivity contribution in [2.24, 2.45) is 5.41 Å². The predicted octanol–water partition coefficient (Wildman–Crippen LogP) is 8.25. The van der Waals surface area contributed by atoms with E-state index in [0.29, 0.717) is 18.6 Å². The average molecular weight is 755 g/mol. The van der Waals surface area contributed by atoms with E-state index in [9.17, 15) is 14.4 Å². The SMILES string of the molecule is [C-]#[N+]CCOP(OCC(CO[Si](OC(C)(C)CCCC(=O)Oc1ccccc1)(C(C)C)C(C)C)(C(=O)OCC)C(=O)OCC)N(C(C)C)C(C)C. The van der Waals surface area contributed by atoms with Gasteiger partial charge in [-0.1, -0.05) is 45.9 Å². The lowest BCUT2D eigenvalue weighted by Crippen LogP contribution is -2.57. The molecule has 0 aromatic heterocycles. The van der Waals surface area contributed by atoms with Gasteiger partial charge in [-0.05, 0) is 91.4 Å². The smallest absolute Gasteiger partial charge is 0.343 e. The topological polar surface area (TPSA) is 123 Å². The third kappa shape index (κ3) is 14.5. The van der Waals surface area contributed by atoms with Crippen LogP contribution in [-0.2, 0) is 41.8 Å². The maximum absolute atomic E-state index is 13.9. The van der Waals surface area contributed by atoms with Gasteiger partial charge in [0.15, 0.2) is 0 Å². The maximum Gasteiger partial charge on any atom is 0.343 e. The zero-order chi connectivity index (χ0) is 38.8. The second kappa shape index (κ2) is 22.6. The summed E-state index contributed by atoms with van der Waals surface area (Å²) in [7, 11) is -5.07. The van der Waals surface area contributed by atoms with Crippen LogP contribution in [0.15, 0.2) is 30.3 Å². The van der Waals surface area contributed by atoms with Gasteiger partial charge in [0.2, 0.25) is 12.0 Å². The highest BCUT2D eigenvalue weighted by molar-refractivity contribution is 7.44. The van der Waals surface area contributed by atoms with Gasteiger partial charge < -0.3 is 37.0 Å². The summed E-state index contributed by atoms with van der Waals surface area (Å²) in [5.41, 5.74) is -2.92. The van der Waals surface area contributed by atoms with Gasteiger partial charge in [-0.25, -0.2) is 11.2 Å². The third-order valence-electron chi connectivity index (χ3n) is 8.13. The van der Waals surface area contributed by atoms with Gasteiger partial charge in [0, 0.05) is 18.5 Å².